The van der Waals surface area contributed by atoms with Gasteiger partial charge in [0.2, 0.25) is 5.91 Å². The number of carbonyl (C=O) groups excluding carboxylic acids is 2. The molecule has 28 heavy (non-hydrogen) atoms. The number of benzene rings is 2. The Kier molecular flexibility index (Phi) is 7.44. The van der Waals surface area contributed by atoms with E-state index in [1.54, 1.807) is 31.4 Å². The van der Waals surface area contributed by atoms with Gasteiger partial charge in [-0.25, -0.2) is 0 Å². The van der Waals surface area contributed by atoms with Crippen LogP contribution in [-0.2, 0) is 21.4 Å². The largest absolute Gasteiger partial charge is 0.497 e. The Labute approximate surface area is 166 Å². The summed E-state index contributed by atoms with van der Waals surface area (Å²) < 4.78 is 10.5. The number of hydrogen-bond donors (Lipinski definition) is 2. The van der Waals surface area contributed by atoms with Crippen LogP contribution in [0.5, 0.6) is 11.5 Å². The molecule has 6 nitrogen and oxygen atoms in total. The van der Waals surface area contributed by atoms with Crippen molar-refractivity contribution in [3.05, 3.63) is 59.7 Å². The molecule has 0 saturated heterocycles. The number of amides is 2. The quantitative estimate of drug-likeness (QED) is 0.686. The predicted molar refractivity (Wildman–Crippen MR) is 108 cm³/mol. The number of methoxy groups -OCH3 is 1. The topological polar surface area (TPSA) is 76.7 Å². The van der Waals surface area contributed by atoms with Crippen molar-refractivity contribution in [2.75, 3.05) is 13.7 Å². The van der Waals surface area contributed by atoms with Crippen molar-refractivity contribution in [2.45, 2.75) is 39.0 Å². The predicted octanol–water partition coefficient (Wildman–Crippen LogP) is 3.15. The third kappa shape index (κ3) is 6.30. The zero-order valence-corrected chi connectivity index (χ0v) is 16.9. The average Bonchev–Trinajstić information content (AvgIpc) is 2.71. The molecule has 0 spiro atoms. The highest BCUT2D eigenvalue weighted by molar-refractivity contribution is 5.83. The summed E-state index contributed by atoms with van der Waals surface area (Å²) in [5, 5.41) is 0. The Morgan fingerprint density at radius 2 is 1.46 bits per heavy atom. The summed E-state index contributed by atoms with van der Waals surface area (Å²) in [6, 6.07) is 14.9. The lowest BCUT2D eigenvalue weighted by molar-refractivity contribution is -0.129. The van der Waals surface area contributed by atoms with E-state index in [0.29, 0.717) is 5.75 Å². The lowest BCUT2D eigenvalue weighted by Gasteiger charge is -2.23. The van der Waals surface area contributed by atoms with Gasteiger partial charge in [0.15, 0.2) is 6.61 Å². The van der Waals surface area contributed by atoms with Gasteiger partial charge in [-0.2, -0.15) is 0 Å². The second-order valence-corrected chi connectivity index (χ2v) is 7.17. The Morgan fingerprint density at radius 3 is 2.04 bits per heavy atom. The number of rotatable bonds is 8. The smallest absolute Gasteiger partial charge is 0.276 e. The van der Waals surface area contributed by atoms with E-state index in [1.807, 2.05) is 24.3 Å². The molecule has 0 aromatic heterocycles. The van der Waals surface area contributed by atoms with Gasteiger partial charge < -0.3 is 9.47 Å². The minimum Gasteiger partial charge on any atom is -0.497 e. The van der Waals surface area contributed by atoms with Crippen LogP contribution in [0.25, 0.3) is 0 Å². The molecule has 2 N–H and O–H groups in total. The van der Waals surface area contributed by atoms with Crippen molar-refractivity contribution in [2.24, 2.45) is 0 Å². The Balaban J connectivity index is 1.74. The van der Waals surface area contributed by atoms with Gasteiger partial charge in [-0.3, -0.25) is 20.4 Å². The molecule has 0 saturated carbocycles. The molecule has 2 aromatic carbocycles. The highest BCUT2D eigenvalue weighted by atomic mass is 16.5. The fourth-order valence-electron chi connectivity index (χ4n) is 2.50. The monoisotopic (exact) mass is 384 g/mol. The molecule has 6 heteroatoms. The van der Waals surface area contributed by atoms with Gasteiger partial charge in [-0.1, -0.05) is 45.0 Å². The first-order valence-electron chi connectivity index (χ1n) is 9.28. The number of nitrogens with one attached hydrogen (secondary N) is 2. The molecule has 0 atom stereocenters. The lowest BCUT2D eigenvalue weighted by Crippen LogP contribution is -2.44. The highest BCUT2D eigenvalue weighted by Gasteiger charge is 2.17. The molecule has 0 unspecified atom stereocenters. The van der Waals surface area contributed by atoms with Gasteiger partial charge in [0.25, 0.3) is 5.91 Å². The number of carbonyl (C=O) groups is 2. The van der Waals surface area contributed by atoms with Gasteiger partial charge in [0, 0.05) is 0 Å². The van der Waals surface area contributed by atoms with E-state index in [1.165, 1.54) is 5.56 Å². The summed E-state index contributed by atoms with van der Waals surface area (Å²) in [6.45, 7) is 6.34. The van der Waals surface area contributed by atoms with Crippen molar-refractivity contribution in [1.82, 2.24) is 10.9 Å². The van der Waals surface area contributed by atoms with Gasteiger partial charge in [0.1, 0.15) is 11.5 Å². The minimum atomic E-state index is -0.430. The highest BCUT2D eigenvalue weighted by Crippen LogP contribution is 2.27. The van der Waals surface area contributed by atoms with E-state index in [2.05, 4.69) is 31.6 Å². The van der Waals surface area contributed by atoms with Crippen molar-refractivity contribution in [3.63, 3.8) is 0 Å². The summed E-state index contributed by atoms with van der Waals surface area (Å²) >= 11 is 0. The van der Waals surface area contributed by atoms with Crippen molar-refractivity contribution >= 4 is 11.8 Å². The summed E-state index contributed by atoms with van der Waals surface area (Å²) in [5.41, 5.74) is 6.87. The maximum absolute atomic E-state index is 11.9. The Bertz CT molecular complexity index is 783. The van der Waals surface area contributed by atoms with E-state index in [4.69, 9.17) is 9.47 Å². The molecule has 0 heterocycles. The molecule has 0 aliphatic carbocycles. The van der Waals surface area contributed by atoms with Crippen LogP contribution in [0.1, 0.15) is 38.3 Å². The zero-order valence-electron chi connectivity index (χ0n) is 16.9. The second-order valence-electron chi connectivity index (χ2n) is 7.17. The first kappa shape index (κ1) is 21.3. The molecular formula is C22H28N2O4. The minimum absolute atomic E-state index is 0.101. The molecule has 2 rings (SSSR count). The van der Waals surface area contributed by atoms with Gasteiger partial charge >= 0.3 is 0 Å². The molecule has 2 aromatic rings. The van der Waals surface area contributed by atoms with Crippen molar-refractivity contribution < 1.29 is 19.1 Å². The van der Waals surface area contributed by atoms with E-state index in [9.17, 15) is 9.59 Å². The third-order valence-corrected chi connectivity index (χ3v) is 4.75. The third-order valence-electron chi connectivity index (χ3n) is 4.75. The van der Waals surface area contributed by atoms with Gasteiger partial charge in [-0.05, 0) is 47.2 Å². The van der Waals surface area contributed by atoms with Gasteiger partial charge in [-0.15, -0.1) is 0 Å². The normalized spacial score (nSPS) is 10.9. The fraction of sp³-hybridized carbons (Fsp3) is 0.364. The average molecular weight is 384 g/mol. The van der Waals surface area contributed by atoms with Crippen LogP contribution < -0.4 is 20.3 Å². The van der Waals surface area contributed by atoms with E-state index < -0.39 is 5.91 Å². The van der Waals surface area contributed by atoms with Gasteiger partial charge in [0.05, 0.1) is 13.5 Å². The van der Waals surface area contributed by atoms with Crippen LogP contribution >= 0.6 is 0 Å². The van der Waals surface area contributed by atoms with Crippen LogP contribution in [0, 0.1) is 0 Å². The Morgan fingerprint density at radius 1 is 0.893 bits per heavy atom. The molecule has 2 amide bonds. The molecule has 0 aliphatic heterocycles. The van der Waals surface area contributed by atoms with Crippen LogP contribution in [0.2, 0.25) is 0 Å². The van der Waals surface area contributed by atoms with E-state index in [0.717, 1.165) is 17.7 Å². The SMILES string of the molecule is CCC(C)(C)c1ccc(OCC(=O)NNC(=O)Cc2ccc(OC)cc2)cc1. The maximum Gasteiger partial charge on any atom is 0.276 e. The summed E-state index contributed by atoms with van der Waals surface area (Å²) in [6.07, 6.45) is 1.19. The first-order valence-corrected chi connectivity index (χ1v) is 9.28. The summed E-state index contributed by atoms with van der Waals surface area (Å²) in [7, 11) is 1.58. The molecule has 0 aliphatic rings. The number of ether oxygens (including phenoxy) is 2. The summed E-state index contributed by atoms with van der Waals surface area (Å²) in [4.78, 5) is 23.8. The van der Waals surface area contributed by atoms with Crippen molar-refractivity contribution in [1.29, 1.82) is 0 Å². The Hall–Kier alpha value is -3.02. The molecular weight excluding hydrogens is 356 g/mol. The van der Waals surface area contributed by atoms with Crippen LogP contribution in [0.4, 0.5) is 0 Å². The van der Waals surface area contributed by atoms with Crippen LogP contribution in [0.15, 0.2) is 48.5 Å². The van der Waals surface area contributed by atoms with E-state index in [-0.39, 0.29) is 24.3 Å². The molecule has 0 bridgehead atoms. The van der Waals surface area contributed by atoms with Crippen molar-refractivity contribution in [3.8, 4) is 11.5 Å². The molecule has 0 fully saturated rings. The number of hydrazine groups is 1. The van der Waals surface area contributed by atoms with Crippen LogP contribution in [-0.4, -0.2) is 25.5 Å². The number of hydrogen-bond acceptors (Lipinski definition) is 4. The molecule has 150 valence electrons. The molecule has 0 radical (unpaired) electrons. The first-order chi connectivity index (χ1) is 13.3. The lowest BCUT2D eigenvalue weighted by atomic mass is 9.82. The van der Waals surface area contributed by atoms with Crippen LogP contribution in [0.3, 0.4) is 0 Å². The standard InChI is InChI=1S/C22H28N2O4/c1-5-22(2,3)17-8-12-19(13-9-17)28-15-21(26)24-23-20(25)14-16-6-10-18(27-4)11-7-16/h6-13H,5,14-15H2,1-4H3,(H,23,25)(H,24,26). The zero-order chi connectivity index (χ0) is 20.6. The maximum atomic E-state index is 11.9. The van der Waals surface area contributed by atoms with E-state index >= 15 is 0 Å². The fourth-order valence-corrected chi connectivity index (χ4v) is 2.50. The summed E-state index contributed by atoms with van der Waals surface area (Å²) in [5.74, 6) is 0.585. The second kappa shape index (κ2) is 9.78.